The molecule has 86 valence electrons. The summed E-state index contributed by atoms with van der Waals surface area (Å²) < 4.78 is 17.4. The van der Waals surface area contributed by atoms with Crippen molar-refractivity contribution in [2.45, 2.75) is 6.42 Å². The molecule has 0 saturated carbocycles. The summed E-state index contributed by atoms with van der Waals surface area (Å²) in [6.07, 6.45) is 3.24. The number of nitrogens with one attached hydrogen (secondary N) is 1. The average molecular weight is 224 g/mol. The van der Waals surface area contributed by atoms with E-state index in [4.69, 9.17) is 4.74 Å². The van der Waals surface area contributed by atoms with Crippen LogP contribution < -0.4 is 5.32 Å². The topological polar surface area (TPSA) is 51.2 Å². The average Bonchev–Trinajstić information content (AvgIpc) is 2.29. The molecule has 16 heavy (non-hydrogen) atoms. The van der Waals surface area contributed by atoms with E-state index >= 15 is 0 Å². The molecule has 1 amide bonds. The summed E-state index contributed by atoms with van der Waals surface area (Å²) in [5, 5.41) is 2.66. The Bertz CT molecular complexity index is 352. The highest BCUT2D eigenvalue weighted by Gasteiger charge is 2.04. The van der Waals surface area contributed by atoms with Crippen LogP contribution in [0.4, 0.5) is 4.39 Å². The van der Waals surface area contributed by atoms with Crippen molar-refractivity contribution in [1.82, 2.24) is 10.3 Å². The highest BCUT2D eigenvalue weighted by molar-refractivity contribution is 5.93. The molecule has 0 aromatic carbocycles. The Balaban J connectivity index is 2.29. The first-order chi connectivity index (χ1) is 7.74. The molecule has 0 aliphatic rings. The van der Waals surface area contributed by atoms with E-state index in [1.165, 1.54) is 18.5 Å². The maximum absolute atomic E-state index is 12.5. The minimum absolute atomic E-state index is 0.272. The molecule has 1 rings (SSSR count). The Kier molecular flexibility index (Phi) is 4.98. The number of aromatic nitrogens is 1. The quantitative estimate of drug-likeness (QED) is 0.452. The van der Waals surface area contributed by atoms with Gasteiger partial charge in [-0.3, -0.25) is 4.79 Å². The van der Waals surface area contributed by atoms with Gasteiger partial charge in [-0.25, -0.2) is 4.98 Å². The molecule has 5 heteroatoms. The van der Waals surface area contributed by atoms with Crippen LogP contribution in [0.5, 0.6) is 0 Å². The summed E-state index contributed by atoms with van der Waals surface area (Å²) in [6, 6.07) is 2.54. The van der Waals surface area contributed by atoms with E-state index in [9.17, 15) is 9.18 Å². The third-order valence-electron chi connectivity index (χ3n) is 1.83. The van der Waals surface area contributed by atoms with Crippen molar-refractivity contribution in [3.05, 3.63) is 42.7 Å². The van der Waals surface area contributed by atoms with Gasteiger partial charge in [0.2, 0.25) is 5.95 Å². The first kappa shape index (κ1) is 12.2. The summed E-state index contributed by atoms with van der Waals surface area (Å²) in [5.41, 5.74) is 0.339. The number of hydrogen-bond acceptors (Lipinski definition) is 3. The molecule has 1 heterocycles. The van der Waals surface area contributed by atoms with E-state index in [1.54, 1.807) is 0 Å². The van der Waals surface area contributed by atoms with Crippen molar-refractivity contribution >= 4 is 5.91 Å². The normalized spacial score (nSPS) is 9.56. The highest BCUT2D eigenvalue weighted by atomic mass is 19.1. The standard InChI is InChI=1S/C11H13FN2O2/c1-2-16-7-3-6-13-11(15)9-4-5-10(12)14-8-9/h2,4-5,8H,1,3,6-7H2,(H,13,15). The fraction of sp³-hybridized carbons (Fsp3) is 0.273. The molecular formula is C11H13FN2O2. The van der Waals surface area contributed by atoms with Crippen LogP contribution >= 0.6 is 0 Å². The zero-order valence-electron chi connectivity index (χ0n) is 8.78. The van der Waals surface area contributed by atoms with Crippen LogP contribution in [0.15, 0.2) is 31.2 Å². The number of carbonyl (C=O) groups is 1. The van der Waals surface area contributed by atoms with E-state index in [1.807, 2.05) is 0 Å². The molecule has 0 aliphatic carbocycles. The Morgan fingerprint density at radius 2 is 2.44 bits per heavy atom. The number of nitrogens with zero attached hydrogens (tertiary/aromatic N) is 1. The fourth-order valence-electron chi connectivity index (χ4n) is 1.05. The molecule has 0 bridgehead atoms. The molecule has 1 aromatic rings. The number of pyridine rings is 1. The van der Waals surface area contributed by atoms with Gasteiger partial charge in [0.15, 0.2) is 0 Å². The van der Waals surface area contributed by atoms with Crippen molar-refractivity contribution in [1.29, 1.82) is 0 Å². The van der Waals surface area contributed by atoms with Crippen LogP contribution in [0.3, 0.4) is 0 Å². The van der Waals surface area contributed by atoms with E-state index in [0.717, 1.165) is 6.07 Å². The second-order valence-electron chi connectivity index (χ2n) is 3.02. The summed E-state index contributed by atoms with van der Waals surface area (Å²) >= 11 is 0. The molecular weight excluding hydrogens is 211 g/mol. The zero-order chi connectivity index (χ0) is 11.8. The monoisotopic (exact) mass is 224 g/mol. The Labute approximate surface area is 93.1 Å². The number of amides is 1. The molecule has 0 aliphatic heterocycles. The maximum Gasteiger partial charge on any atom is 0.252 e. The lowest BCUT2D eigenvalue weighted by molar-refractivity contribution is 0.0950. The lowest BCUT2D eigenvalue weighted by atomic mass is 10.2. The lowest BCUT2D eigenvalue weighted by Gasteiger charge is -2.04. The molecule has 4 nitrogen and oxygen atoms in total. The van der Waals surface area contributed by atoms with Crippen LogP contribution in [0.25, 0.3) is 0 Å². The third kappa shape index (κ3) is 4.08. The summed E-state index contributed by atoms with van der Waals surface area (Å²) in [5.74, 6) is -0.873. The van der Waals surface area contributed by atoms with Gasteiger partial charge in [-0.05, 0) is 18.6 Å². The summed E-state index contributed by atoms with van der Waals surface area (Å²) in [7, 11) is 0. The molecule has 1 N–H and O–H groups in total. The van der Waals surface area contributed by atoms with E-state index in [-0.39, 0.29) is 5.91 Å². The van der Waals surface area contributed by atoms with Crippen LogP contribution in [0.1, 0.15) is 16.8 Å². The first-order valence-corrected chi connectivity index (χ1v) is 4.86. The van der Waals surface area contributed by atoms with Crippen LogP contribution in [-0.4, -0.2) is 24.0 Å². The van der Waals surface area contributed by atoms with Gasteiger partial charge in [-0.2, -0.15) is 4.39 Å². The predicted octanol–water partition coefficient (Wildman–Crippen LogP) is 1.50. The number of carbonyl (C=O) groups excluding carboxylic acids is 1. The molecule has 0 atom stereocenters. The molecule has 0 unspecified atom stereocenters. The van der Waals surface area contributed by atoms with Gasteiger partial charge in [0.05, 0.1) is 18.4 Å². The first-order valence-electron chi connectivity index (χ1n) is 4.86. The Morgan fingerprint density at radius 3 is 3.06 bits per heavy atom. The van der Waals surface area contributed by atoms with E-state index < -0.39 is 5.95 Å². The fourth-order valence-corrected chi connectivity index (χ4v) is 1.05. The number of hydrogen-bond donors (Lipinski definition) is 1. The number of halogens is 1. The van der Waals surface area contributed by atoms with E-state index in [0.29, 0.717) is 25.1 Å². The summed E-state index contributed by atoms with van der Waals surface area (Å²) in [6.45, 7) is 4.39. The largest absolute Gasteiger partial charge is 0.502 e. The van der Waals surface area contributed by atoms with Gasteiger partial charge in [0.1, 0.15) is 0 Å². The third-order valence-corrected chi connectivity index (χ3v) is 1.83. The molecule has 0 saturated heterocycles. The van der Waals surface area contributed by atoms with Crippen LogP contribution in [0, 0.1) is 5.95 Å². The molecule has 0 spiro atoms. The van der Waals surface area contributed by atoms with Gasteiger partial charge in [0, 0.05) is 12.7 Å². The van der Waals surface area contributed by atoms with Crippen molar-refractivity contribution in [2.75, 3.05) is 13.2 Å². The Hall–Kier alpha value is -1.91. The lowest BCUT2D eigenvalue weighted by Crippen LogP contribution is -2.25. The smallest absolute Gasteiger partial charge is 0.252 e. The van der Waals surface area contributed by atoms with Crippen molar-refractivity contribution < 1.29 is 13.9 Å². The predicted molar refractivity (Wildman–Crippen MR) is 57.3 cm³/mol. The van der Waals surface area contributed by atoms with Crippen molar-refractivity contribution in [3.63, 3.8) is 0 Å². The van der Waals surface area contributed by atoms with Gasteiger partial charge in [0.25, 0.3) is 5.91 Å². The maximum atomic E-state index is 12.5. The van der Waals surface area contributed by atoms with Gasteiger partial charge in [-0.1, -0.05) is 6.58 Å². The van der Waals surface area contributed by atoms with E-state index in [2.05, 4.69) is 16.9 Å². The zero-order valence-corrected chi connectivity index (χ0v) is 8.78. The molecule has 1 aromatic heterocycles. The van der Waals surface area contributed by atoms with Crippen molar-refractivity contribution in [2.24, 2.45) is 0 Å². The number of ether oxygens (including phenoxy) is 1. The summed E-state index contributed by atoms with van der Waals surface area (Å²) in [4.78, 5) is 14.8. The van der Waals surface area contributed by atoms with Gasteiger partial charge < -0.3 is 10.1 Å². The second-order valence-corrected chi connectivity index (χ2v) is 3.02. The van der Waals surface area contributed by atoms with Crippen LogP contribution in [-0.2, 0) is 4.74 Å². The minimum Gasteiger partial charge on any atom is -0.502 e. The number of rotatable bonds is 6. The van der Waals surface area contributed by atoms with Gasteiger partial charge >= 0.3 is 0 Å². The highest BCUT2D eigenvalue weighted by Crippen LogP contribution is 1.98. The second kappa shape index (κ2) is 6.55. The molecule has 0 radical (unpaired) electrons. The minimum atomic E-state index is -0.601. The molecule has 0 fully saturated rings. The van der Waals surface area contributed by atoms with Gasteiger partial charge in [-0.15, -0.1) is 0 Å². The SMILES string of the molecule is C=COCCCNC(=O)c1ccc(F)nc1. The van der Waals surface area contributed by atoms with Crippen molar-refractivity contribution in [3.8, 4) is 0 Å². The Morgan fingerprint density at radius 1 is 1.62 bits per heavy atom. The van der Waals surface area contributed by atoms with Crippen LogP contribution in [0.2, 0.25) is 0 Å².